The number of hydrogen-bond acceptors (Lipinski definition) is 3. The average Bonchev–Trinajstić information content (AvgIpc) is 2.38. The van der Waals surface area contributed by atoms with Crippen molar-refractivity contribution in [2.75, 3.05) is 31.2 Å². The van der Waals surface area contributed by atoms with Gasteiger partial charge < -0.3 is 15.4 Å². The second-order valence-electron chi connectivity index (χ2n) is 4.41. The van der Waals surface area contributed by atoms with E-state index in [0.29, 0.717) is 0 Å². The molecule has 0 bridgehead atoms. The Hall–Kier alpha value is -1.32. The maximum atomic E-state index is 5.68. The molecule has 92 valence electrons. The molecule has 17 heavy (non-hydrogen) atoms. The fourth-order valence-corrected chi connectivity index (χ4v) is 1.88. The second kappa shape index (κ2) is 5.84. The summed E-state index contributed by atoms with van der Waals surface area (Å²) in [6.45, 7) is 5.58. The lowest BCUT2D eigenvalue weighted by Crippen LogP contribution is -2.36. The average molecular weight is 232 g/mol. The van der Waals surface area contributed by atoms with Crippen molar-refractivity contribution < 1.29 is 4.74 Å². The van der Waals surface area contributed by atoms with Crippen LogP contribution in [0, 0.1) is 0 Å². The zero-order valence-electron chi connectivity index (χ0n) is 10.3. The first-order valence-corrected chi connectivity index (χ1v) is 6.12. The zero-order chi connectivity index (χ0) is 12.1. The minimum absolute atomic E-state index is 0.105. The third-order valence-electron chi connectivity index (χ3n) is 2.86. The number of ether oxygens (including phenoxy) is 1. The minimum Gasteiger partial charge on any atom is -0.378 e. The maximum absolute atomic E-state index is 5.68. The number of rotatable bonds is 3. The summed E-state index contributed by atoms with van der Waals surface area (Å²) in [5, 5.41) is 0. The fraction of sp³-hybridized carbons (Fsp3) is 0.429. The molecule has 1 aromatic carbocycles. The highest BCUT2D eigenvalue weighted by Gasteiger charge is 2.10. The first-order valence-electron chi connectivity index (χ1n) is 6.12. The molecule has 1 aliphatic rings. The van der Waals surface area contributed by atoms with Crippen molar-refractivity contribution >= 4 is 11.8 Å². The summed E-state index contributed by atoms with van der Waals surface area (Å²) in [5.41, 5.74) is 8.14. The van der Waals surface area contributed by atoms with E-state index < -0.39 is 0 Å². The van der Waals surface area contributed by atoms with Crippen LogP contribution in [0.25, 0.3) is 6.08 Å². The molecule has 0 radical (unpaired) electrons. The number of nitrogens with zero attached hydrogens (tertiary/aromatic N) is 1. The van der Waals surface area contributed by atoms with E-state index >= 15 is 0 Å². The van der Waals surface area contributed by atoms with Crippen LogP contribution in [0.1, 0.15) is 12.5 Å². The zero-order valence-corrected chi connectivity index (χ0v) is 10.3. The highest BCUT2D eigenvalue weighted by molar-refractivity contribution is 5.56. The van der Waals surface area contributed by atoms with Crippen LogP contribution in [0.4, 0.5) is 5.69 Å². The van der Waals surface area contributed by atoms with Crippen molar-refractivity contribution in [3.05, 3.63) is 35.9 Å². The number of morpholine rings is 1. The third kappa shape index (κ3) is 3.58. The molecule has 0 aliphatic carbocycles. The normalized spacial score (nSPS) is 18.6. The van der Waals surface area contributed by atoms with Gasteiger partial charge in [0.2, 0.25) is 0 Å². The van der Waals surface area contributed by atoms with Crippen LogP contribution in [-0.2, 0) is 4.74 Å². The standard InChI is InChI=1S/C14H20N2O/c1-12(15)2-3-13-4-6-14(7-5-13)16-8-10-17-11-9-16/h2-7,12H,8-11,15H2,1H3/b3-2+. The van der Waals surface area contributed by atoms with Crippen molar-refractivity contribution in [1.29, 1.82) is 0 Å². The number of nitrogens with two attached hydrogens (primary N) is 1. The van der Waals surface area contributed by atoms with Crippen molar-refractivity contribution in [2.45, 2.75) is 13.0 Å². The van der Waals surface area contributed by atoms with Crippen LogP contribution in [-0.4, -0.2) is 32.3 Å². The van der Waals surface area contributed by atoms with Gasteiger partial charge in [-0.05, 0) is 24.6 Å². The van der Waals surface area contributed by atoms with Gasteiger partial charge in [-0.2, -0.15) is 0 Å². The lowest BCUT2D eigenvalue weighted by atomic mass is 10.1. The van der Waals surface area contributed by atoms with Crippen LogP contribution < -0.4 is 10.6 Å². The molecule has 2 N–H and O–H groups in total. The molecular weight excluding hydrogens is 212 g/mol. The van der Waals surface area contributed by atoms with Gasteiger partial charge in [0.1, 0.15) is 0 Å². The van der Waals surface area contributed by atoms with Gasteiger partial charge >= 0.3 is 0 Å². The van der Waals surface area contributed by atoms with E-state index in [2.05, 4.69) is 35.2 Å². The van der Waals surface area contributed by atoms with E-state index in [0.717, 1.165) is 26.3 Å². The van der Waals surface area contributed by atoms with Gasteiger partial charge in [0.25, 0.3) is 0 Å². The quantitative estimate of drug-likeness (QED) is 0.865. The predicted molar refractivity (Wildman–Crippen MR) is 72.2 cm³/mol. The molecule has 1 aliphatic heterocycles. The summed E-state index contributed by atoms with van der Waals surface area (Å²) < 4.78 is 5.34. The van der Waals surface area contributed by atoms with E-state index in [-0.39, 0.29) is 6.04 Å². The van der Waals surface area contributed by atoms with E-state index in [1.165, 1.54) is 11.3 Å². The molecule has 1 aromatic rings. The summed E-state index contributed by atoms with van der Waals surface area (Å²) in [6, 6.07) is 8.68. The summed E-state index contributed by atoms with van der Waals surface area (Å²) in [4.78, 5) is 2.35. The Labute approximate surface area is 103 Å². The SMILES string of the molecule is CC(N)/C=C/c1ccc(N2CCOCC2)cc1. The number of benzene rings is 1. The topological polar surface area (TPSA) is 38.5 Å². The fourth-order valence-electron chi connectivity index (χ4n) is 1.88. The highest BCUT2D eigenvalue weighted by Crippen LogP contribution is 2.17. The Morgan fingerprint density at radius 2 is 1.88 bits per heavy atom. The van der Waals surface area contributed by atoms with Crippen LogP contribution >= 0.6 is 0 Å². The molecule has 0 saturated carbocycles. The summed E-state index contributed by atoms with van der Waals surface area (Å²) >= 11 is 0. The molecule has 1 atom stereocenters. The van der Waals surface area contributed by atoms with Gasteiger partial charge in [0.05, 0.1) is 13.2 Å². The summed E-state index contributed by atoms with van der Waals surface area (Å²) in [7, 11) is 0. The first-order chi connectivity index (χ1) is 8.25. The van der Waals surface area contributed by atoms with Crippen molar-refractivity contribution in [1.82, 2.24) is 0 Å². The molecule has 3 nitrogen and oxygen atoms in total. The lowest BCUT2D eigenvalue weighted by Gasteiger charge is -2.28. The third-order valence-corrected chi connectivity index (χ3v) is 2.86. The molecule has 1 unspecified atom stereocenters. The Morgan fingerprint density at radius 3 is 2.47 bits per heavy atom. The Kier molecular flexibility index (Phi) is 4.18. The lowest BCUT2D eigenvalue weighted by molar-refractivity contribution is 0.122. The van der Waals surface area contributed by atoms with Crippen molar-refractivity contribution in [3.63, 3.8) is 0 Å². The van der Waals surface area contributed by atoms with Crippen LogP contribution in [0.15, 0.2) is 30.3 Å². The molecule has 0 spiro atoms. The van der Waals surface area contributed by atoms with E-state index in [1.807, 2.05) is 13.0 Å². The smallest absolute Gasteiger partial charge is 0.0642 e. The second-order valence-corrected chi connectivity index (χ2v) is 4.41. The molecule has 3 heteroatoms. The Bertz CT molecular complexity index is 364. The summed E-state index contributed by atoms with van der Waals surface area (Å²) in [5.74, 6) is 0. The van der Waals surface area contributed by atoms with Gasteiger partial charge in [-0.25, -0.2) is 0 Å². The number of hydrogen-bond donors (Lipinski definition) is 1. The Balaban J connectivity index is 2.01. The van der Waals surface area contributed by atoms with Gasteiger partial charge in [0, 0.05) is 24.8 Å². The monoisotopic (exact) mass is 232 g/mol. The molecule has 0 amide bonds. The summed E-state index contributed by atoms with van der Waals surface area (Å²) in [6.07, 6.45) is 4.07. The molecule has 2 rings (SSSR count). The molecule has 1 heterocycles. The van der Waals surface area contributed by atoms with E-state index in [1.54, 1.807) is 0 Å². The first kappa shape index (κ1) is 12.1. The van der Waals surface area contributed by atoms with Crippen molar-refractivity contribution in [2.24, 2.45) is 5.73 Å². The van der Waals surface area contributed by atoms with Gasteiger partial charge in [-0.15, -0.1) is 0 Å². The number of anilines is 1. The molecule has 1 fully saturated rings. The molecular formula is C14H20N2O. The Morgan fingerprint density at radius 1 is 1.24 bits per heavy atom. The van der Waals surface area contributed by atoms with Gasteiger partial charge in [-0.3, -0.25) is 0 Å². The van der Waals surface area contributed by atoms with Crippen LogP contribution in [0.2, 0.25) is 0 Å². The van der Waals surface area contributed by atoms with Gasteiger partial charge in [-0.1, -0.05) is 24.3 Å². The molecule has 1 saturated heterocycles. The van der Waals surface area contributed by atoms with Crippen LogP contribution in [0.3, 0.4) is 0 Å². The predicted octanol–water partition coefficient (Wildman–Crippen LogP) is 1.88. The van der Waals surface area contributed by atoms with Gasteiger partial charge in [0.15, 0.2) is 0 Å². The highest BCUT2D eigenvalue weighted by atomic mass is 16.5. The molecule has 0 aromatic heterocycles. The van der Waals surface area contributed by atoms with Crippen LogP contribution in [0.5, 0.6) is 0 Å². The maximum Gasteiger partial charge on any atom is 0.0642 e. The van der Waals surface area contributed by atoms with Crippen molar-refractivity contribution in [3.8, 4) is 0 Å². The minimum atomic E-state index is 0.105. The largest absolute Gasteiger partial charge is 0.378 e. The van der Waals surface area contributed by atoms with E-state index in [9.17, 15) is 0 Å². The van der Waals surface area contributed by atoms with E-state index in [4.69, 9.17) is 10.5 Å².